The van der Waals surface area contributed by atoms with Crippen LogP contribution >= 0.6 is 0 Å². The lowest BCUT2D eigenvalue weighted by atomic mass is 9.93. The first-order chi connectivity index (χ1) is 16.7. The molecule has 0 atom stereocenters. The molecule has 1 saturated carbocycles. The molecule has 1 heterocycles. The number of halogens is 6. The molecule has 1 aromatic rings. The molecule has 8 nitrogen and oxygen atoms in total. The van der Waals surface area contributed by atoms with E-state index in [1.807, 2.05) is 5.32 Å². The summed E-state index contributed by atoms with van der Waals surface area (Å²) >= 11 is 0. The van der Waals surface area contributed by atoms with Crippen LogP contribution in [0.1, 0.15) is 48.8 Å². The Morgan fingerprint density at radius 1 is 1.03 bits per heavy atom. The molecule has 3 rings (SSSR count). The van der Waals surface area contributed by atoms with Gasteiger partial charge in [0.1, 0.15) is 6.54 Å². The third-order valence-electron chi connectivity index (χ3n) is 6.07. The van der Waals surface area contributed by atoms with E-state index < -0.39 is 78.0 Å². The summed E-state index contributed by atoms with van der Waals surface area (Å²) < 4.78 is 79.9. The van der Waals surface area contributed by atoms with Gasteiger partial charge in [-0.1, -0.05) is 25.3 Å². The van der Waals surface area contributed by atoms with Crippen LogP contribution in [-0.4, -0.2) is 57.1 Å². The second-order valence-electron chi connectivity index (χ2n) is 8.55. The van der Waals surface area contributed by atoms with Crippen LogP contribution in [0, 0.1) is 0 Å². The fraction of sp³-hybridized carbons (Fsp3) is 0.500. The molecule has 0 unspecified atom stereocenters. The first kappa shape index (κ1) is 27.1. The highest BCUT2D eigenvalue weighted by molar-refractivity contribution is 6.19. The van der Waals surface area contributed by atoms with Gasteiger partial charge in [-0.15, -0.1) is 0 Å². The highest BCUT2D eigenvalue weighted by atomic mass is 19.4. The maximum absolute atomic E-state index is 13.6. The molecule has 0 aromatic heterocycles. The monoisotopic (exact) mass is 523 g/mol. The number of benzene rings is 1. The summed E-state index contributed by atoms with van der Waals surface area (Å²) in [5.74, 6) is -4.59. The Morgan fingerprint density at radius 2 is 1.67 bits per heavy atom. The first-order valence-electron chi connectivity index (χ1n) is 11.0. The van der Waals surface area contributed by atoms with Gasteiger partial charge < -0.3 is 25.3 Å². The van der Waals surface area contributed by atoms with Crippen molar-refractivity contribution in [1.82, 2.24) is 15.1 Å². The van der Waals surface area contributed by atoms with Gasteiger partial charge in [0.05, 0.1) is 17.8 Å². The van der Waals surface area contributed by atoms with E-state index in [-0.39, 0.29) is 12.1 Å². The third-order valence-corrected chi connectivity index (χ3v) is 6.07. The number of carbonyl (C=O) groups is 3. The number of carbonyl (C=O) groups excluding carboxylic acids is 2. The number of amides is 2. The Hall–Kier alpha value is -3.45. The molecule has 3 N–H and O–H groups in total. The highest BCUT2D eigenvalue weighted by Gasteiger charge is 2.42. The number of aliphatic hydroxyl groups is 1. The summed E-state index contributed by atoms with van der Waals surface area (Å²) in [4.78, 5) is 38.5. The number of alkyl halides is 6. The van der Waals surface area contributed by atoms with Crippen LogP contribution in [0.15, 0.2) is 29.7 Å². The van der Waals surface area contributed by atoms with Gasteiger partial charge in [-0.05, 0) is 30.5 Å². The molecule has 0 spiro atoms. The molecule has 2 aliphatic rings. The second-order valence-corrected chi connectivity index (χ2v) is 8.55. The number of hydrogen-bond donors (Lipinski definition) is 3. The summed E-state index contributed by atoms with van der Waals surface area (Å²) in [7, 11) is 0. The van der Waals surface area contributed by atoms with Crippen molar-refractivity contribution in [2.45, 2.75) is 57.0 Å². The van der Waals surface area contributed by atoms with Crippen LogP contribution in [0.2, 0.25) is 0 Å². The quantitative estimate of drug-likeness (QED) is 0.388. The van der Waals surface area contributed by atoms with E-state index in [1.54, 1.807) is 0 Å². The Morgan fingerprint density at radius 3 is 2.22 bits per heavy atom. The van der Waals surface area contributed by atoms with Gasteiger partial charge in [0.25, 0.3) is 11.8 Å². The molecule has 2 amide bonds. The first-order valence-corrected chi connectivity index (χ1v) is 11.0. The van der Waals surface area contributed by atoms with Gasteiger partial charge in [-0.3, -0.25) is 14.4 Å². The minimum Gasteiger partial charge on any atom is -0.494 e. The SMILES string of the molecule is O=C(O)CNC(=O)C1=C(O)N(C2CCCCC2)CN(Cc2ccc(C(F)(F)F)cc2C(F)(F)F)C1=O. The molecular weight excluding hydrogens is 500 g/mol. The molecule has 1 aliphatic carbocycles. The van der Waals surface area contributed by atoms with Crippen LogP contribution < -0.4 is 5.32 Å². The van der Waals surface area contributed by atoms with Crippen LogP contribution in [0.4, 0.5) is 26.3 Å². The Bertz CT molecular complexity index is 1060. The minimum absolute atomic E-state index is 0.0452. The second kappa shape index (κ2) is 10.3. The molecule has 36 heavy (non-hydrogen) atoms. The molecule has 14 heteroatoms. The van der Waals surface area contributed by atoms with Gasteiger partial charge in [0.2, 0.25) is 5.88 Å². The normalized spacial score (nSPS) is 18.0. The predicted molar refractivity (Wildman–Crippen MR) is 111 cm³/mol. The Labute approximate surface area is 201 Å². The highest BCUT2D eigenvalue weighted by Crippen LogP contribution is 2.38. The zero-order valence-electron chi connectivity index (χ0n) is 18.7. The minimum atomic E-state index is -5.17. The van der Waals surface area contributed by atoms with Crippen molar-refractivity contribution in [2.75, 3.05) is 13.2 Å². The number of nitrogens with zero attached hydrogens (tertiary/aromatic N) is 2. The van der Waals surface area contributed by atoms with Gasteiger partial charge >= 0.3 is 18.3 Å². The molecule has 1 aliphatic heterocycles. The van der Waals surface area contributed by atoms with Crippen molar-refractivity contribution in [3.63, 3.8) is 0 Å². The Kier molecular flexibility index (Phi) is 7.74. The molecule has 1 fully saturated rings. The van der Waals surface area contributed by atoms with Crippen LogP contribution in [0.5, 0.6) is 0 Å². The van der Waals surface area contributed by atoms with Crippen LogP contribution in [0.25, 0.3) is 0 Å². The summed E-state index contributed by atoms with van der Waals surface area (Å²) in [6.07, 6.45) is -6.64. The van der Waals surface area contributed by atoms with Crippen molar-refractivity contribution < 1.29 is 50.9 Å². The maximum Gasteiger partial charge on any atom is 0.416 e. The summed E-state index contributed by atoms with van der Waals surface area (Å²) in [6, 6.07) is 0.681. The topological polar surface area (TPSA) is 110 Å². The van der Waals surface area contributed by atoms with E-state index in [0.717, 1.165) is 24.2 Å². The van der Waals surface area contributed by atoms with Gasteiger partial charge in [0.15, 0.2) is 5.57 Å². The van der Waals surface area contributed by atoms with Gasteiger partial charge in [0, 0.05) is 12.6 Å². The number of nitrogens with one attached hydrogen (secondary N) is 1. The van der Waals surface area contributed by atoms with E-state index in [2.05, 4.69) is 0 Å². The number of hydrogen-bond acceptors (Lipinski definition) is 5. The van der Waals surface area contributed by atoms with Gasteiger partial charge in [-0.2, -0.15) is 26.3 Å². The fourth-order valence-corrected chi connectivity index (χ4v) is 4.32. The smallest absolute Gasteiger partial charge is 0.416 e. The maximum atomic E-state index is 13.6. The fourth-order valence-electron chi connectivity index (χ4n) is 4.32. The largest absolute Gasteiger partial charge is 0.494 e. The molecule has 0 saturated heterocycles. The molecule has 0 radical (unpaired) electrons. The summed E-state index contributed by atoms with van der Waals surface area (Å²) in [5, 5.41) is 21.5. The summed E-state index contributed by atoms with van der Waals surface area (Å²) in [6.45, 7) is -2.11. The van der Waals surface area contributed by atoms with Crippen molar-refractivity contribution in [2.24, 2.45) is 0 Å². The molecule has 0 bridgehead atoms. The summed E-state index contributed by atoms with van der Waals surface area (Å²) in [5.41, 5.74) is -4.60. The third kappa shape index (κ3) is 6.02. The zero-order chi connectivity index (χ0) is 26.8. The van der Waals surface area contributed by atoms with E-state index >= 15 is 0 Å². The number of aliphatic hydroxyl groups excluding tert-OH is 1. The van der Waals surface area contributed by atoms with E-state index in [1.165, 1.54) is 4.90 Å². The molecular formula is C22H23F6N3O5. The van der Waals surface area contributed by atoms with Crippen molar-refractivity contribution >= 4 is 17.8 Å². The van der Waals surface area contributed by atoms with Crippen molar-refractivity contribution in [1.29, 1.82) is 0 Å². The van der Waals surface area contributed by atoms with E-state index in [0.29, 0.717) is 25.0 Å². The van der Waals surface area contributed by atoms with Crippen LogP contribution in [-0.2, 0) is 33.3 Å². The van der Waals surface area contributed by atoms with E-state index in [9.17, 15) is 45.8 Å². The lowest BCUT2D eigenvalue weighted by Gasteiger charge is -2.42. The molecule has 1 aromatic carbocycles. The van der Waals surface area contributed by atoms with E-state index in [4.69, 9.17) is 5.11 Å². The Balaban J connectivity index is 2.00. The average Bonchev–Trinajstić information content (AvgIpc) is 2.79. The van der Waals surface area contributed by atoms with Crippen molar-refractivity contribution in [3.05, 3.63) is 46.3 Å². The lowest BCUT2D eigenvalue weighted by molar-refractivity contribution is -0.145. The standard InChI is InChI=1S/C22H23F6N3O5/c23-21(24,25)13-7-6-12(15(8-13)22(26,27)28)10-30-11-31(14-4-2-1-3-5-14)20(36)17(19(30)35)18(34)29-9-16(32)33/h6-8,14,36H,1-5,9-11H2,(H,29,34)(H,32,33). The zero-order valence-corrected chi connectivity index (χ0v) is 18.7. The van der Waals surface area contributed by atoms with Gasteiger partial charge in [-0.25, -0.2) is 0 Å². The number of rotatable bonds is 6. The lowest BCUT2D eigenvalue weighted by Crippen LogP contribution is -2.53. The molecule has 198 valence electrons. The van der Waals surface area contributed by atoms with Crippen LogP contribution in [0.3, 0.4) is 0 Å². The predicted octanol–water partition coefficient (Wildman–Crippen LogP) is 3.63. The number of carboxylic acids is 1. The number of aliphatic carboxylic acids is 1. The average molecular weight is 523 g/mol. The van der Waals surface area contributed by atoms with Crippen molar-refractivity contribution in [3.8, 4) is 0 Å². The number of carboxylic acid groups (broad SMARTS) is 1.